The Hall–Kier alpha value is -1.51. The Kier molecular flexibility index (Phi) is 7.88. The number of thioether (sulfide) groups is 1. The molecule has 3 N–H and O–H groups in total. The fourth-order valence-electron chi connectivity index (χ4n) is 1.69. The van der Waals surface area contributed by atoms with E-state index in [0.717, 1.165) is 17.9 Å². The first-order valence-electron chi connectivity index (χ1n) is 6.95. The molecule has 0 aliphatic rings. The van der Waals surface area contributed by atoms with Crippen molar-refractivity contribution in [1.82, 2.24) is 5.32 Å². The molecule has 0 aliphatic heterocycles. The highest BCUT2D eigenvalue weighted by atomic mass is 32.2. The lowest BCUT2D eigenvalue weighted by Crippen LogP contribution is -2.33. The number of rotatable bonds is 6. The van der Waals surface area contributed by atoms with Crippen LogP contribution in [-0.2, 0) is 0 Å². The third-order valence-electron chi connectivity index (χ3n) is 2.83. The van der Waals surface area contributed by atoms with Crippen LogP contribution in [0.2, 0.25) is 0 Å². The molecule has 1 aromatic carbocycles. The van der Waals surface area contributed by atoms with E-state index in [1.165, 1.54) is 12.1 Å². The summed E-state index contributed by atoms with van der Waals surface area (Å²) in [6.45, 7) is 4.23. The van der Waals surface area contributed by atoms with Gasteiger partial charge in [-0.1, -0.05) is 18.8 Å². The van der Waals surface area contributed by atoms with E-state index in [1.807, 2.05) is 18.7 Å². The molecule has 114 valence electrons. The number of carbonyl (C=O) groups is 1. The summed E-state index contributed by atoms with van der Waals surface area (Å²) in [5, 5.41) is 2.87. The average Bonchev–Trinajstić information content (AvgIpc) is 2.46. The molecular weight excluding hydrogens is 287 g/mol. The summed E-state index contributed by atoms with van der Waals surface area (Å²) in [5.74, 6) is 6.52. The number of halogens is 1. The standard InChI is InChI=1S/C16H21FN2OS/c1-3-21-10-8-12(2)19-16(20)14-7-6-13(5-4-9-18)15(17)11-14/h6-7,11-12H,3,8-10,18H2,1-2H3,(H,19,20). The number of carbonyl (C=O) groups excluding carboxylic acids is 1. The fourth-order valence-corrected chi connectivity index (χ4v) is 2.50. The van der Waals surface area contributed by atoms with E-state index < -0.39 is 5.82 Å². The van der Waals surface area contributed by atoms with Crippen molar-refractivity contribution in [1.29, 1.82) is 0 Å². The van der Waals surface area contributed by atoms with Gasteiger partial charge in [-0.25, -0.2) is 4.39 Å². The molecule has 1 rings (SSSR count). The number of hydrogen-bond donors (Lipinski definition) is 2. The molecule has 5 heteroatoms. The first-order chi connectivity index (χ1) is 10.1. The van der Waals surface area contributed by atoms with Crippen LogP contribution in [0.15, 0.2) is 18.2 Å². The molecule has 0 radical (unpaired) electrons. The van der Waals surface area contributed by atoms with Crippen molar-refractivity contribution in [3.63, 3.8) is 0 Å². The van der Waals surface area contributed by atoms with Gasteiger partial charge in [-0.2, -0.15) is 11.8 Å². The molecule has 21 heavy (non-hydrogen) atoms. The normalized spacial score (nSPS) is 11.4. The summed E-state index contributed by atoms with van der Waals surface area (Å²) < 4.78 is 13.8. The number of nitrogens with two attached hydrogens (primary N) is 1. The van der Waals surface area contributed by atoms with Crippen LogP contribution in [0.3, 0.4) is 0 Å². The molecule has 1 aromatic rings. The summed E-state index contributed by atoms with van der Waals surface area (Å²) >= 11 is 1.83. The summed E-state index contributed by atoms with van der Waals surface area (Å²) in [6.07, 6.45) is 0.896. The summed E-state index contributed by atoms with van der Waals surface area (Å²) in [5.41, 5.74) is 5.81. The Balaban J connectivity index is 2.64. The lowest BCUT2D eigenvalue weighted by Gasteiger charge is -2.13. The quantitative estimate of drug-likeness (QED) is 0.627. The SMILES string of the molecule is CCSCCC(C)NC(=O)c1ccc(C#CCN)c(F)c1. The predicted molar refractivity (Wildman–Crippen MR) is 86.9 cm³/mol. The zero-order valence-corrected chi connectivity index (χ0v) is 13.2. The van der Waals surface area contributed by atoms with Crippen LogP contribution in [0.25, 0.3) is 0 Å². The van der Waals surface area contributed by atoms with Crippen LogP contribution in [0.5, 0.6) is 0 Å². The molecule has 0 saturated heterocycles. The smallest absolute Gasteiger partial charge is 0.251 e. The van der Waals surface area contributed by atoms with Crippen molar-refractivity contribution in [2.75, 3.05) is 18.1 Å². The molecule has 1 atom stereocenters. The minimum absolute atomic E-state index is 0.0660. The highest BCUT2D eigenvalue weighted by Gasteiger charge is 2.11. The van der Waals surface area contributed by atoms with Crippen molar-refractivity contribution in [3.8, 4) is 11.8 Å². The molecule has 3 nitrogen and oxygen atoms in total. The molecular formula is C16H21FN2OS. The number of benzene rings is 1. The van der Waals surface area contributed by atoms with Gasteiger partial charge in [0, 0.05) is 11.6 Å². The van der Waals surface area contributed by atoms with Crippen LogP contribution in [-0.4, -0.2) is 30.0 Å². The molecule has 1 amide bonds. The van der Waals surface area contributed by atoms with Gasteiger partial charge < -0.3 is 11.1 Å². The van der Waals surface area contributed by atoms with Crippen LogP contribution in [0.1, 0.15) is 36.2 Å². The first-order valence-corrected chi connectivity index (χ1v) is 8.11. The van der Waals surface area contributed by atoms with Gasteiger partial charge in [0.15, 0.2) is 0 Å². The van der Waals surface area contributed by atoms with Crippen LogP contribution in [0.4, 0.5) is 4.39 Å². The van der Waals surface area contributed by atoms with Gasteiger partial charge in [-0.3, -0.25) is 4.79 Å². The number of nitrogens with one attached hydrogen (secondary N) is 1. The lowest BCUT2D eigenvalue weighted by atomic mass is 10.1. The molecule has 0 heterocycles. The summed E-state index contributed by atoms with van der Waals surface area (Å²) in [4.78, 5) is 12.0. The van der Waals surface area contributed by atoms with Crippen molar-refractivity contribution < 1.29 is 9.18 Å². The van der Waals surface area contributed by atoms with Crippen LogP contribution < -0.4 is 11.1 Å². The topological polar surface area (TPSA) is 55.1 Å². The van der Waals surface area contributed by atoms with Gasteiger partial charge >= 0.3 is 0 Å². The Morgan fingerprint density at radius 1 is 1.52 bits per heavy atom. The molecule has 0 fully saturated rings. The molecule has 0 bridgehead atoms. The van der Waals surface area contributed by atoms with Crippen molar-refractivity contribution in [3.05, 3.63) is 35.1 Å². The largest absolute Gasteiger partial charge is 0.350 e. The number of hydrogen-bond acceptors (Lipinski definition) is 3. The monoisotopic (exact) mass is 308 g/mol. The van der Waals surface area contributed by atoms with E-state index >= 15 is 0 Å². The zero-order chi connectivity index (χ0) is 15.7. The number of amides is 1. The highest BCUT2D eigenvalue weighted by Crippen LogP contribution is 2.10. The molecule has 0 spiro atoms. The third kappa shape index (κ3) is 6.19. The molecule has 1 unspecified atom stereocenters. The van der Waals surface area contributed by atoms with E-state index in [-0.39, 0.29) is 24.1 Å². The third-order valence-corrected chi connectivity index (χ3v) is 3.77. The van der Waals surface area contributed by atoms with Gasteiger partial charge in [0.2, 0.25) is 0 Å². The van der Waals surface area contributed by atoms with E-state index in [4.69, 9.17) is 5.73 Å². The minimum atomic E-state index is -0.502. The zero-order valence-electron chi connectivity index (χ0n) is 12.4. The molecule has 0 aliphatic carbocycles. The van der Waals surface area contributed by atoms with E-state index in [1.54, 1.807) is 6.07 Å². The summed E-state index contributed by atoms with van der Waals surface area (Å²) in [7, 11) is 0. The van der Waals surface area contributed by atoms with Gasteiger partial charge in [0.05, 0.1) is 12.1 Å². The van der Waals surface area contributed by atoms with Crippen LogP contribution in [0, 0.1) is 17.7 Å². The Labute approximate surface area is 129 Å². The maximum atomic E-state index is 13.8. The van der Waals surface area contributed by atoms with Gasteiger partial charge in [0.25, 0.3) is 5.91 Å². The predicted octanol–water partition coefficient (Wildman–Crippen LogP) is 2.40. The van der Waals surface area contributed by atoms with Crippen molar-refractivity contribution in [2.45, 2.75) is 26.3 Å². The van der Waals surface area contributed by atoms with Gasteiger partial charge in [-0.05, 0) is 43.0 Å². The van der Waals surface area contributed by atoms with Crippen molar-refractivity contribution in [2.24, 2.45) is 5.73 Å². The Morgan fingerprint density at radius 3 is 2.90 bits per heavy atom. The first kappa shape index (κ1) is 17.5. The van der Waals surface area contributed by atoms with Gasteiger partial charge in [0.1, 0.15) is 5.82 Å². The van der Waals surface area contributed by atoms with Gasteiger partial charge in [-0.15, -0.1) is 0 Å². The van der Waals surface area contributed by atoms with E-state index in [0.29, 0.717) is 5.56 Å². The maximum Gasteiger partial charge on any atom is 0.251 e. The Bertz CT molecular complexity index is 537. The second kappa shape index (κ2) is 9.43. The highest BCUT2D eigenvalue weighted by molar-refractivity contribution is 7.99. The second-order valence-corrected chi connectivity index (χ2v) is 5.95. The van der Waals surface area contributed by atoms with E-state index in [2.05, 4.69) is 24.1 Å². The van der Waals surface area contributed by atoms with E-state index in [9.17, 15) is 9.18 Å². The van der Waals surface area contributed by atoms with Crippen molar-refractivity contribution >= 4 is 17.7 Å². The lowest BCUT2D eigenvalue weighted by molar-refractivity contribution is 0.0939. The average molecular weight is 308 g/mol. The molecule has 0 saturated carbocycles. The second-order valence-electron chi connectivity index (χ2n) is 4.56. The summed E-state index contributed by atoms with van der Waals surface area (Å²) in [6, 6.07) is 4.36. The fraction of sp³-hybridized carbons (Fsp3) is 0.438. The maximum absolute atomic E-state index is 13.8. The Morgan fingerprint density at radius 2 is 2.29 bits per heavy atom. The minimum Gasteiger partial charge on any atom is -0.350 e. The molecule has 0 aromatic heterocycles. The van der Waals surface area contributed by atoms with Crippen LogP contribution >= 0.6 is 11.8 Å².